The van der Waals surface area contributed by atoms with Crippen LogP contribution in [0.15, 0.2) is 0 Å². The van der Waals surface area contributed by atoms with Crippen LogP contribution in [0.25, 0.3) is 0 Å². The molecule has 0 aromatic heterocycles. The van der Waals surface area contributed by atoms with E-state index in [4.69, 9.17) is 13.8 Å². The second-order valence-corrected chi connectivity index (χ2v) is 5.74. The topological polar surface area (TPSA) is 114 Å². The minimum absolute atomic E-state index is 0.135. The van der Waals surface area contributed by atoms with Crippen LogP contribution in [0.5, 0.6) is 0 Å². The Morgan fingerprint density at radius 3 is 1.91 bits per heavy atom. The van der Waals surface area contributed by atoms with Gasteiger partial charge in [0.1, 0.15) is 6.16 Å². The van der Waals surface area contributed by atoms with Crippen LogP contribution in [0.4, 0.5) is 0 Å². The van der Waals surface area contributed by atoms with Crippen molar-refractivity contribution in [3.05, 3.63) is 0 Å². The SMILES string of the molecule is CCOP(=O)(CC(=O)OCC#CCOC(=O)C(=O)OC)OCC. The molecule has 0 aromatic rings. The zero-order chi connectivity index (χ0) is 17.7. The minimum atomic E-state index is -3.51. The molecule has 0 spiro atoms. The second-order valence-electron chi connectivity index (χ2n) is 3.69. The lowest BCUT2D eigenvalue weighted by Gasteiger charge is -2.15. The number of carbonyl (C=O) groups excluding carboxylic acids is 3. The molecule has 0 amide bonds. The Hall–Kier alpha value is -1.88. The summed E-state index contributed by atoms with van der Waals surface area (Å²) in [5.41, 5.74) is 0. The molecule has 0 bridgehead atoms. The van der Waals surface area contributed by atoms with E-state index in [1.165, 1.54) is 0 Å². The maximum Gasteiger partial charge on any atom is 0.418 e. The number of ether oxygens (including phenoxy) is 3. The number of hydrogen-bond donors (Lipinski definition) is 0. The summed E-state index contributed by atoms with van der Waals surface area (Å²) in [6.45, 7) is 2.86. The van der Waals surface area contributed by atoms with E-state index in [9.17, 15) is 18.9 Å². The third kappa shape index (κ3) is 9.68. The summed E-state index contributed by atoms with van der Waals surface area (Å²) in [6.07, 6.45) is -0.520. The van der Waals surface area contributed by atoms with Gasteiger partial charge in [-0.1, -0.05) is 11.8 Å². The van der Waals surface area contributed by atoms with Gasteiger partial charge in [0.15, 0.2) is 13.2 Å². The molecular formula is C13H19O9P. The Morgan fingerprint density at radius 2 is 1.43 bits per heavy atom. The number of carbonyl (C=O) groups is 3. The highest BCUT2D eigenvalue weighted by molar-refractivity contribution is 7.54. The van der Waals surface area contributed by atoms with E-state index in [-0.39, 0.29) is 26.4 Å². The van der Waals surface area contributed by atoms with Crippen molar-refractivity contribution in [1.29, 1.82) is 0 Å². The molecule has 0 unspecified atom stereocenters. The molecule has 0 rings (SSSR count). The van der Waals surface area contributed by atoms with Crippen molar-refractivity contribution in [3.63, 3.8) is 0 Å². The van der Waals surface area contributed by atoms with Crippen molar-refractivity contribution in [1.82, 2.24) is 0 Å². The van der Waals surface area contributed by atoms with Crippen LogP contribution in [-0.4, -0.2) is 57.6 Å². The van der Waals surface area contributed by atoms with E-state index in [1.54, 1.807) is 13.8 Å². The molecule has 0 aliphatic rings. The van der Waals surface area contributed by atoms with Gasteiger partial charge < -0.3 is 23.3 Å². The van der Waals surface area contributed by atoms with Gasteiger partial charge in [0, 0.05) is 0 Å². The lowest BCUT2D eigenvalue weighted by atomic mass is 10.6. The zero-order valence-electron chi connectivity index (χ0n) is 13.2. The first-order valence-corrected chi connectivity index (χ1v) is 8.35. The molecule has 130 valence electrons. The average molecular weight is 350 g/mol. The fraction of sp³-hybridized carbons (Fsp3) is 0.615. The highest BCUT2D eigenvalue weighted by atomic mass is 31.2. The van der Waals surface area contributed by atoms with Crippen LogP contribution in [0.1, 0.15) is 13.8 Å². The maximum absolute atomic E-state index is 12.0. The Balaban J connectivity index is 4.12. The fourth-order valence-corrected chi connectivity index (χ4v) is 2.64. The number of rotatable bonds is 8. The first kappa shape index (κ1) is 21.1. The van der Waals surface area contributed by atoms with Crippen molar-refractivity contribution in [2.45, 2.75) is 13.8 Å². The summed E-state index contributed by atoms with van der Waals surface area (Å²) in [5.74, 6) is 1.63. The minimum Gasteiger partial charge on any atom is -0.461 e. The van der Waals surface area contributed by atoms with Gasteiger partial charge in [-0.3, -0.25) is 9.36 Å². The molecule has 0 heterocycles. The maximum atomic E-state index is 12.0. The highest BCUT2D eigenvalue weighted by Gasteiger charge is 2.28. The van der Waals surface area contributed by atoms with E-state index in [2.05, 4.69) is 21.3 Å². The molecule has 0 N–H and O–H groups in total. The number of methoxy groups -OCH3 is 1. The van der Waals surface area contributed by atoms with Gasteiger partial charge in [0.25, 0.3) is 0 Å². The van der Waals surface area contributed by atoms with Gasteiger partial charge in [0.05, 0.1) is 20.3 Å². The average Bonchev–Trinajstić information content (AvgIpc) is 2.49. The standard InChI is InChI=1S/C13H19O9P/c1-4-21-23(17,22-5-2)10-11(14)19-8-6-7-9-20-13(16)12(15)18-3/h4-5,8-10H2,1-3H3. The van der Waals surface area contributed by atoms with E-state index < -0.39 is 31.7 Å². The lowest BCUT2D eigenvalue weighted by molar-refractivity contribution is -0.164. The third-order valence-corrected chi connectivity index (χ3v) is 3.98. The summed E-state index contributed by atoms with van der Waals surface area (Å²) in [7, 11) is -2.47. The van der Waals surface area contributed by atoms with Gasteiger partial charge >= 0.3 is 25.5 Å². The summed E-state index contributed by atoms with van der Waals surface area (Å²) < 4.78 is 35.2. The molecule has 0 aliphatic heterocycles. The molecule has 0 atom stereocenters. The first-order chi connectivity index (χ1) is 10.9. The van der Waals surface area contributed by atoms with Crippen molar-refractivity contribution in [2.75, 3.05) is 39.7 Å². The summed E-state index contributed by atoms with van der Waals surface area (Å²) in [4.78, 5) is 33.1. The van der Waals surface area contributed by atoms with Crippen LogP contribution in [-0.2, 0) is 42.2 Å². The van der Waals surface area contributed by atoms with Crippen molar-refractivity contribution < 1.29 is 42.2 Å². The molecule has 0 aliphatic carbocycles. The molecule has 0 fully saturated rings. The normalized spacial score (nSPS) is 10.2. The van der Waals surface area contributed by atoms with Crippen LogP contribution >= 0.6 is 7.60 Å². The Labute approximate surface area is 134 Å². The van der Waals surface area contributed by atoms with Gasteiger partial charge in [-0.05, 0) is 13.8 Å². The summed E-state index contributed by atoms with van der Waals surface area (Å²) >= 11 is 0. The van der Waals surface area contributed by atoms with Gasteiger partial charge in [-0.25, -0.2) is 9.59 Å². The van der Waals surface area contributed by atoms with Gasteiger partial charge in [-0.2, -0.15) is 0 Å². The molecule has 9 nitrogen and oxygen atoms in total. The monoisotopic (exact) mass is 350 g/mol. The summed E-state index contributed by atoms with van der Waals surface area (Å²) in [6, 6.07) is 0. The van der Waals surface area contributed by atoms with Crippen LogP contribution in [0, 0.1) is 11.8 Å². The van der Waals surface area contributed by atoms with E-state index >= 15 is 0 Å². The zero-order valence-corrected chi connectivity index (χ0v) is 14.1. The molecule has 0 radical (unpaired) electrons. The Morgan fingerprint density at radius 1 is 0.913 bits per heavy atom. The first-order valence-electron chi connectivity index (χ1n) is 6.63. The van der Waals surface area contributed by atoms with Gasteiger partial charge in [0.2, 0.25) is 0 Å². The quantitative estimate of drug-likeness (QED) is 0.203. The van der Waals surface area contributed by atoms with Crippen LogP contribution in [0.2, 0.25) is 0 Å². The lowest BCUT2D eigenvalue weighted by Crippen LogP contribution is -2.18. The van der Waals surface area contributed by atoms with E-state index in [0.717, 1.165) is 7.11 Å². The van der Waals surface area contributed by atoms with Crippen LogP contribution < -0.4 is 0 Å². The van der Waals surface area contributed by atoms with Crippen molar-refractivity contribution >= 4 is 25.5 Å². The predicted molar refractivity (Wildman–Crippen MR) is 77.4 cm³/mol. The molecule has 23 heavy (non-hydrogen) atoms. The highest BCUT2D eigenvalue weighted by Crippen LogP contribution is 2.47. The van der Waals surface area contributed by atoms with E-state index in [0.29, 0.717) is 0 Å². The van der Waals surface area contributed by atoms with Crippen molar-refractivity contribution in [3.8, 4) is 11.8 Å². The molecular weight excluding hydrogens is 331 g/mol. The Bertz CT molecular complexity index is 507. The molecule has 0 saturated heterocycles. The molecule has 10 heteroatoms. The van der Waals surface area contributed by atoms with E-state index in [1.807, 2.05) is 0 Å². The summed E-state index contributed by atoms with van der Waals surface area (Å²) in [5, 5.41) is 0. The molecule has 0 saturated carbocycles. The number of esters is 3. The van der Waals surface area contributed by atoms with Crippen molar-refractivity contribution in [2.24, 2.45) is 0 Å². The van der Waals surface area contributed by atoms with Gasteiger partial charge in [-0.15, -0.1) is 0 Å². The Kier molecular flexibility index (Phi) is 10.7. The predicted octanol–water partition coefficient (Wildman–Crippen LogP) is 0.515. The third-order valence-electron chi connectivity index (χ3n) is 2.03. The molecule has 0 aromatic carbocycles. The fourth-order valence-electron chi connectivity index (χ4n) is 1.19. The largest absolute Gasteiger partial charge is 0.461 e. The number of hydrogen-bond acceptors (Lipinski definition) is 9. The smallest absolute Gasteiger partial charge is 0.418 e. The second kappa shape index (κ2) is 11.7. The van der Waals surface area contributed by atoms with Crippen LogP contribution in [0.3, 0.4) is 0 Å².